The summed E-state index contributed by atoms with van der Waals surface area (Å²) in [5.74, 6) is -1.45. The maximum atomic E-state index is 12.1. The highest BCUT2D eigenvalue weighted by atomic mass is 19.4. The molecule has 1 saturated carbocycles. The predicted octanol–water partition coefficient (Wildman–Crippen LogP) is 1.52. The second-order valence-electron chi connectivity index (χ2n) is 6.74. The molecule has 0 spiro atoms. The third-order valence-electron chi connectivity index (χ3n) is 4.39. The molecule has 1 rings (SSSR count). The van der Waals surface area contributed by atoms with E-state index in [0.717, 1.165) is 6.42 Å². The zero-order chi connectivity index (χ0) is 18.6. The normalized spacial score (nSPS) is 17.1. The van der Waals surface area contributed by atoms with Gasteiger partial charge in [0.05, 0.1) is 25.0 Å². The molecule has 0 heterocycles. The van der Waals surface area contributed by atoms with Crippen molar-refractivity contribution in [2.75, 3.05) is 13.2 Å². The number of carbonyl (C=O) groups excluding carboxylic acids is 2. The largest absolute Gasteiger partial charge is 0.395 e. The Morgan fingerprint density at radius 1 is 1.25 bits per heavy atom. The molecule has 4 N–H and O–H groups in total. The number of amides is 2. The monoisotopic (exact) mass is 351 g/mol. The first kappa shape index (κ1) is 20.6. The number of rotatable bonds is 8. The fourth-order valence-electron chi connectivity index (χ4n) is 2.43. The highest BCUT2D eigenvalue weighted by Gasteiger charge is 2.41. The number of halogens is 3. The fraction of sp³-hybridized carbons (Fsp3) is 0.800. The van der Waals surface area contributed by atoms with Gasteiger partial charge in [-0.1, -0.05) is 6.42 Å². The summed E-state index contributed by atoms with van der Waals surface area (Å²) < 4.78 is 36.4. The number of imide groups is 1. The first-order valence-corrected chi connectivity index (χ1v) is 7.77. The molecule has 1 aliphatic rings. The summed E-state index contributed by atoms with van der Waals surface area (Å²) in [6, 6.07) is 0. The van der Waals surface area contributed by atoms with Gasteiger partial charge in [0.1, 0.15) is 0 Å². The lowest BCUT2D eigenvalue weighted by atomic mass is 9.65. The quantitative estimate of drug-likeness (QED) is 0.498. The van der Waals surface area contributed by atoms with Crippen molar-refractivity contribution in [2.45, 2.75) is 57.7 Å². The molecule has 0 aliphatic heterocycles. The van der Waals surface area contributed by atoms with E-state index in [4.69, 9.17) is 5.41 Å². The molecule has 0 atom stereocenters. The molecular formula is C15H24F3N3O3. The van der Waals surface area contributed by atoms with E-state index in [1.165, 1.54) is 13.8 Å². The number of nitrogens with one attached hydrogen (secondary N) is 3. The lowest BCUT2D eigenvalue weighted by Crippen LogP contribution is -2.55. The molecule has 1 fully saturated rings. The van der Waals surface area contributed by atoms with Gasteiger partial charge in [0, 0.05) is 17.7 Å². The first-order valence-electron chi connectivity index (χ1n) is 7.77. The van der Waals surface area contributed by atoms with Crippen LogP contribution in [0, 0.1) is 10.8 Å². The lowest BCUT2D eigenvalue weighted by molar-refractivity contribution is -0.138. The molecule has 24 heavy (non-hydrogen) atoms. The van der Waals surface area contributed by atoms with E-state index < -0.39 is 41.9 Å². The Balaban J connectivity index is 2.47. The summed E-state index contributed by atoms with van der Waals surface area (Å²) in [6.07, 6.45) is -3.58. The number of hydrogen-bond acceptors (Lipinski definition) is 5. The van der Waals surface area contributed by atoms with Crippen LogP contribution < -0.4 is 10.6 Å². The van der Waals surface area contributed by atoms with Crippen LogP contribution in [0.2, 0.25) is 0 Å². The zero-order valence-corrected chi connectivity index (χ0v) is 13.8. The van der Waals surface area contributed by atoms with Gasteiger partial charge in [0.25, 0.3) is 0 Å². The minimum absolute atomic E-state index is 0.0735. The Bertz CT molecular complexity index is 494. The molecule has 9 heteroatoms. The lowest BCUT2D eigenvalue weighted by Gasteiger charge is -2.40. The Labute approximate surface area is 138 Å². The SMILES string of the molecule is CC(C)(NCCC(F)(F)F)C(=O)NC(=O)CC(=N)C1(CO)CCC1. The van der Waals surface area contributed by atoms with Crippen molar-refractivity contribution in [3.05, 3.63) is 0 Å². The van der Waals surface area contributed by atoms with Gasteiger partial charge in [0.15, 0.2) is 0 Å². The van der Waals surface area contributed by atoms with Crippen LogP contribution in [0.1, 0.15) is 46.0 Å². The molecule has 0 unspecified atom stereocenters. The maximum Gasteiger partial charge on any atom is 0.390 e. The van der Waals surface area contributed by atoms with Crippen molar-refractivity contribution in [1.29, 1.82) is 5.41 Å². The van der Waals surface area contributed by atoms with E-state index in [1.54, 1.807) is 0 Å². The van der Waals surface area contributed by atoms with Gasteiger partial charge in [-0.2, -0.15) is 13.2 Å². The van der Waals surface area contributed by atoms with Crippen LogP contribution in [-0.2, 0) is 9.59 Å². The first-order chi connectivity index (χ1) is 10.9. The Morgan fingerprint density at radius 2 is 1.83 bits per heavy atom. The molecule has 0 saturated heterocycles. The van der Waals surface area contributed by atoms with Gasteiger partial charge in [-0.15, -0.1) is 0 Å². The maximum absolute atomic E-state index is 12.1. The minimum atomic E-state index is -4.33. The molecule has 0 aromatic heterocycles. The number of alkyl halides is 3. The zero-order valence-electron chi connectivity index (χ0n) is 13.8. The standard InChI is InChI=1S/C15H24F3N3O3/c1-13(2,20-7-6-15(16,17)18)12(24)21-11(23)8-10(19)14(9-22)4-3-5-14/h19-20,22H,3-9H2,1-2H3,(H,21,23,24). The second-order valence-corrected chi connectivity index (χ2v) is 6.74. The molecule has 6 nitrogen and oxygen atoms in total. The van der Waals surface area contributed by atoms with Crippen LogP contribution in [0.5, 0.6) is 0 Å². The Hall–Kier alpha value is -1.48. The van der Waals surface area contributed by atoms with Crippen molar-refractivity contribution in [2.24, 2.45) is 5.41 Å². The van der Waals surface area contributed by atoms with Gasteiger partial charge >= 0.3 is 6.18 Å². The molecule has 0 aromatic carbocycles. The van der Waals surface area contributed by atoms with Crippen molar-refractivity contribution in [3.63, 3.8) is 0 Å². The van der Waals surface area contributed by atoms with Crippen molar-refractivity contribution in [1.82, 2.24) is 10.6 Å². The summed E-state index contributed by atoms with van der Waals surface area (Å²) in [4.78, 5) is 23.9. The smallest absolute Gasteiger partial charge is 0.390 e. The summed E-state index contributed by atoms with van der Waals surface area (Å²) in [6.45, 7) is 2.09. The van der Waals surface area contributed by atoms with E-state index in [9.17, 15) is 27.9 Å². The van der Waals surface area contributed by atoms with E-state index in [2.05, 4.69) is 10.6 Å². The third kappa shape index (κ3) is 5.55. The van der Waals surface area contributed by atoms with E-state index in [0.29, 0.717) is 12.8 Å². The molecule has 138 valence electrons. The highest BCUT2D eigenvalue weighted by Crippen LogP contribution is 2.42. The van der Waals surface area contributed by atoms with Crippen LogP contribution in [-0.4, -0.2) is 47.5 Å². The topological polar surface area (TPSA) is 102 Å². The fourth-order valence-corrected chi connectivity index (χ4v) is 2.43. The summed E-state index contributed by atoms with van der Waals surface area (Å²) >= 11 is 0. The van der Waals surface area contributed by atoms with Gasteiger partial charge in [-0.25, -0.2) is 0 Å². The third-order valence-corrected chi connectivity index (χ3v) is 4.39. The van der Waals surface area contributed by atoms with Crippen molar-refractivity contribution in [3.8, 4) is 0 Å². The summed E-state index contributed by atoms with van der Waals surface area (Å²) in [7, 11) is 0. The van der Waals surface area contributed by atoms with Gasteiger partial charge in [-0.05, 0) is 26.7 Å². The molecule has 0 bridgehead atoms. The molecular weight excluding hydrogens is 327 g/mol. The summed E-state index contributed by atoms with van der Waals surface area (Å²) in [5, 5.41) is 21.8. The van der Waals surface area contributed by atoms with E-state index in [1.807, 2.05) is 0 Å². The Kier molecular flexibility index (Phi) is 6.52. The number of aliphatic hydroxyl groups excluding tert-OH is 1. The number of aliphatic hydroxyl groups is 1. The molecule has 2 amide bonds. The molecule has 0 radical (unpaired) electrons. The van der Waals surface area contributed by atoms with Crippen LogP contribution in [0.3, 0.4) is 0 Å². The van der Waals surface area contributed by atoms with E-state index >= 15 is 0 Å². The average Bonchev–Trinajstić information content (AvgIpc) is 2.35. The van der Waals surface area contributed by atoms with Crippen LogP contribution in [0.15, 0.2) is 0 Å². The van der Waals surface area contributed by atoms with Crippen LogP contribution >= 0.6 is 0 Å². The average molecular weight is 351 g/mol. The molecule has 0 aromatic rings. The van der Waals surface area contributed by atoms with E-state index in [-0.39, 0.29) is 18.7 Å². The van der Waals surface area contributed by atoms with Gasteiger partial charge in [-0.3, -0.25) is 14.9 Å². The van der Waals surface area contributed by atoms with Crippen LogP contribution in [0.4, 0.5) is 13.2 Å². The second kappa shape index (κ2) is 7.60. The van der Waals surface area contributed by atoms with Crippen molar-refractivity contribution >= 4 is 17.5 Å². The van der Waals surface area contributed by atoms with Crippen molar-refractivity contribution < 1.29 is 27.9 Å². The Morgan fingerprint density at radius 3 is 2.25 bits per heavy atom. The van der Waals surface area contributed by atoms with Gasteiger partial charge < -0.3 is 15.8 Å². The highest BCUT2D eigenvalue weighted by molar-refractivity contribution is 6.09. The number of carbonyl (C=O) groups is 2. The predicted molar refractivity (Wildman–Crippen MR) is 81.6 cm³/mol. The summed E-state index contributed by atoms with van der Waals surface area (Å²) in [5.41, 5.74) is -1.95. The van der Waals surface area contributed by atoms with Gasteiger partial charge in [0.2, 0.25) is 11.8 Å². The number of hydrogen-bond donors (Lipinski definition) is 4. The molecule has 1 aliphatic carbocycles. The minimum Gasteiger partial charge on any atom is -0.395 e. The van der Waals surface area contributed by atoms with Crippen LogP contribution in [0.25, 0.3) is 0 Å².